The second-order valence-electron chi connectivity index (χ2n) is 6.19. The Morgan fingerprint density at radius 1 is 1.00 bits per heavy atom. The van der Waals surface area contributed by atoms with Gasteiger partial charge in [0, 0.05) is 29.5 Å². The van der Waals surface area contributed by atoms with Crippen molar-refractivity contribution in [1.82, 2.24) is 4.57 Å². The second-order valence-corrected chi connectivity index (χ2v) is 6.19. The van der Waals surface area contributed by atoms with Crippen LogP contribution in [0, 0.1) is 24.4 Å². The number of halogens is 3. The molecule has 0 spiro atoms. The third-order valence-electron chi connectivity index (χ3n) is 4.21. The monoisotopic (exact) mass is 403 g/mol. The lowest BCUT2D eigenvalue weighted by Crippen LogP contribution is -2.21. The van der Waals surface area contributed by atoms with Crippen LogP contribution in [0.1, 0.15) is 21.6 Å². The van der Waals surface area contributed by atoms with Gasteiger partial charge in [0.2, 0.25) is 0 Å². The Morgan fingerprint density at radius 3 is 2.41 bits per heavy atom. The van der Waals surface area contributed by atoms with Gasteiger partial charge in [0.1, 0.15) is 29.8 Å². The van der Waals surface area contributed by atoms with Crippen LogP contribution in [0.4, 0.5) is 13.2 Å². The molecule has 0 N–H and O–H groups in total. The standard InChI is InChI=1S/C21H16F3NO4/c1-12-7-16(29-11-14-3-5-15(22)9-18(14)24)10-20(26)25(12)19-8-13(21(27)28-2)4-6-17(19)23/h3-10H,11H2,1-2H3. The van der Waals surface area contributed by atoms with E-state index in [4.69, 9.17) is 4.74 Å². The highest BCUT2D eigenvalue weighted by molar-refractivity contribution is 5.90. The summed E-state index contributed by atoms with van der Waals surface area (Å²) in [5, 5.41) is 0. The van der Waals surface area contributed by atoms with Gasteiger partial charge in [0.05, 0.1) is 18.4 Å². The first-order valence-electron chi connectivity index (χ1n) is 8.49. The van der Waals surface area contributed by atoms with Gasteiger partial charge in [0.15, 0.2) is 0 Å². The van der Waals surface area contributed by atoms with Crippen molar-refractivity contribution in [3.05, 3.63) is 93.2 Å². The van der Waals surface area contributed by atoms with Crippen LogP contribution < -0.4 is 10.3 Å². The van der Waals surface area contributed by atoms with Crippen molar-refractivity contribution in [1.29, 1.82) is 0 Å². The Hall–Kier alpha value is -3.55. The van der Waals surface area contributed by atoms with E-state index in [0.29, 0.717) is 5.69 Å². The molecule has 3 rings (SSSR count). The van der Waals surface area contributed by atoms with E-state index in [0.717, 1.165) is 28.8 Å². The largest absolute Gasteiger partial charge is 0.489 e. The summed E-state index contributed by atoms with van der Waals surface area (Å²) in [6.45, 7) is 1.33. The van der Waals surface area contributed by atoms with Gasteiger partial charge < -0.3 is 9.47 Å². The summed E-state index contributed by atoms with van der Waals surface area (Å²) >= 11 is 0. The molecule has 150 valence electrons. The average Bonchev–Trinajstić information content (AvgIpc) is 2.67. The predicted molar refractivity (Wildman–Crippen MR) is 98.8 cm³/mol. The van der Waals surface area contributed by atoms with Crippen molar-refractivity contribution in [2.75, 3.05) is 7.11 Å². The third kappa shape index (κ3) is 4.31. The highest BCUT2D eigenvalue weighted by Gasteiger charge is 2.15. The molecule has 5 nitrogen and oxygen atoms in total. The molecule has 0 aliphatic heterocycles. The van der Waals surface area contributed by atoms with Crippen LogP contribution in [-0.2, 0) is 11.3 Å². The molecule has 0 aliphatic carbocycles. The zero-order chi connectivity index (χ0) is 21.1. The SMILES string of the molecule is COC(=O)c1ccc(F)c(-n2c(C)cc(OCc3ccc(F)cc3F)cc2=O)c1. The van der Waals surface area contributed by atoms with Crippen LogP contribution in [0.3, 0.4) is 0 Å². The normalized spacial score (nSPS) is 10.7. The molecule has 2 aromatic carbocycles. The molecule has 8 heteroatoms. The van der Waals surface area contributed by atoms with Gasteiger partial charge >= 0.3 is 5.97 Å². The molecule has 0 unspecified atom stereocenters. The lowest BCUT2D eigenvalue weighted by atomic mass is 10.1. The molecule has 0 amide bonds. The number of hydrogen-bond acceptors (Lipinski definition) is 4. The number of carbonyl (C=O) groups is 1. The Kier molecular flexibility index (Phi) is 5.72. The number of esters is 1. The highest BCUT2D eigenvalue weighted by atomic mass is 19.1. The molecule has 3 aromatic rings. The van der Waals surface area contributed by atoms with Crippen molar-refractivity contribution in [2.45, 2.75) is 13.5 Å². The lowest BCUT2D eigenvalue weighted by Gasteiger charge is -2.14. The molecule has 0 fully saturated rings. The van der Waals surface area contributed by atoms with Gasteiger partial charge in [-0.1, -0.05) is 0 Å². The molecule has 1 aromatic heterocycles. The number of pyridine rings is 1. The summed E-state index contributed by atoms with van der Waals surface area (Å²) in [6.07, 6.45) is 0. The minimum atomic E-state index is -0.767. The fraction of sp³-hybridized carbons (Fsp3) is 0.143. The van der Waals surface area contributed by atoms with Gasteiger partial charge in [-0.3, -0.25) is 9.36 Å². The number of aromatic nitrogens is 1. The van der Waals surface area contributed by atoms with Gasteiger partial charge in [-0.2, -0.15) is 0 Å². The molecule has 0 aliphatic rings. The number of ether oxygens (including phenoxy) is 2. The Morgan fingerprint density at radius 2 is 1.76 bits per heavy atom. The van der Waals surface area contributed by atoms with E-state index in [1.54, 1.807) is 6.92 Å². The van der Waals surface area contributed by atoms with E-state index >= 15 is 0 Å². The molecular weight excluding hydrogens is 387 g/mol. The molecule has 0 radical (unpaired) electrons. The summed E-state index contributed by atoms with van der Waals surface area (Å²) in [5.41, 5.74) is -0.201. The number of methoxy groups -OCH3 is 1. The molecule has 0 saturated carbocycles. The first-order valence-corrected chi connectivity index (χ1v) is 8.49. The summed E-state index contributed by atoms with van der Waals surface area (Å²) < 4.78 is 52.1. The van der Waals surface area contributed by atoms with Crippen molar-refractivity contribution in [2.24, 2.45) is 0 Å². The molecule has 0 bridgehead atoms. The fourth-order valence-electron chi connectivity index (χ4n) is 2.79. The maximum atomic E-state index is 14.3. The van der Waals surface area contributed by atoms with Gasteiger partial charge in [0.25, 0.3) is 5.56 Å². The Bertz CT molecular complexity index is 1140. The minimum absolute atomic E-state index is 0.0855. The van der Waals surface area contributed by atoms with Crippen molar-refractivity contribution >= 4 is 5.97 Å². The van der Waals surface area contributed by atoms with E-state index in [1.807, 2.05) is 0 Å². The number of benzene rings is 2. The van der Waals surface area contributed by atoms with Gasteiger partial charge in [-0.25, -0.2) is 18.0 Å². The van der Waals surface area contributed by atoms with E-state index in [2.05, 4.69) is 4.74 Å². The number of nitrogens with zero attached hydrogens (tertiary/aromatic N) is 1. The first-order chi connectivity index (χ1) is 13.8. The van der Waals surface area contributed by atoms with E-state index < -0.39 is 29.0 Å². The van der Waals surface area contributed by atoms with Gasteiger partial charge in [-0.15, -0.1) is 0 Å². The first kappa shape index (κ1) is 20.2. The topological polar surface area (TPSA) is 57.5 Å². The van der Waals surface area contributed by atoms with E-state index in [-0.39, 0.29) is 29.2 Å². The summed E-state index contributed by atoms with van der Waals surface area (Å²) in [6, 6.07) is 9.18. The second kappa shape index (κ2) is 8.22. The van der Waals surface area contributed by atoms with Crippen molar-refractivity contribution in [3.63, 3.8) is 0 Å². The maximum Gasteiger partial charge on any atom is 0.337 e. The van der Waals surface area contributed by atoms with Crippen LogP contribution in [0.15, 0.2) is 53.3 Å². The van der Waals surface area contributed by atoms with Crippen molar-refractivity contribution < 1.29 is 27.4 Å². The fourth-order valence-corrected chi connectivity index (χ4v) is 2.79. The number of aryl methyl sites for hydroxylation is 1. The van der Waals surface area contributed by atoms with Crippen molar-refractivity contribution in [3.8, 4) is 11.4 Å². The number of hydrogen-bond donors (Lipinski definition) is 0. The van der Waals surface area contributed by atoms with Crippen LogP contribution in [0.5, 0.6) is 5.75 Å². The predicted octanol–water partition coefficient (Wildman–Crippen LogP) is 3.93. The van der Waals surface area contributed by atoms with E-state index in [1.165, 1.54) is 31.4 Å². The summed E-state index contributed by atoms with van der Waals surface area (Å²) in [4.78, 5) is 24.3. The molecular formula is C21H16F3NO4. The Labute approximate surface area is 163 Å². The van der Waals surface area contributed by atoms with Gasteiger partial charge in [-0.05, 0) is 37.3 Å². The molecule has 29 heavy (non-hydrogen) atoms. The number of carbonyl (C=O) groups excluding carboxylic acids is 1. The smallest absolute Gasteiger partial charge is 0.337 e. The quantitative estimate of drug-likeness (QED) is 0.606. The third-order valence-corrected chi connectivity index (χ3v) is 4.21. The Balaban J connectivity index is 1.92. The van der Waals surface area contributed by atoms with Crippen LogP contribution >= 0.6 is 0 Å². The van der Waals surface area contributed by atoms with Crippen LogP contribution in [-0.4, -0.2) is 17.6 Å². The zero-order valence-corrected chi connectivity index (χ0v) is 15.5. The highest BCUT2D eigenvalue weighted by Crippen LogP contribution is 2.20. The van der Waals surface area contributed by atoms with E-state index in [9.17, 15) is 22.8 Å². The molecule has 0 atom stereocenters. The molecule has 1 heterocycles. The molecule has 0 saturated heterocycles. The van der Waals surface area contributed by atoms with Crippen LogP contribution in [0.25, 0.3) is 5.69 Å². The maximum absolute atomic E-state index is 14.3. The lowest BCUT2D eigenvalue weighted by molar-refractivity contribution is 0.0600. The minimum Gasteiger partial charge on any atom is -0.489 e. The summed E-state index contributed by atoms with van der Waals surface area (Å²) in [7, 11) is 1.19. The average molecular weight is 403 g/mol. The zero-order valence-electron chi connectivity index (χ0n) is 15.5. The number of rotatable bonds is 5. The van der Waals surface area contributed by atoms with Crippen LogP contribution in [0.2, 0.25) is 0 Å². The summed E-state index contributed by atoms with van der Waals surface area (Å²) in [5.74, 6) is -2.71.